The second kappa shape index (κ2) is 7.29. The van der Waals surface area contributed by atoms with Crippen molar-refractivity contribution < 1.29 is 5.11 Å². The maximum Gasteiger partial charge on any atom is 0.0606 e. The normalized spacial score (nSPS) is 10.6. The van der Waals surface area contributed by atoms with Gasteiger partial charge in [-0.1, -0.05) is 48.0 Å². The summed E-state index contributed by atoms with van der Waals surface area (Å²) in [6.07, 6.45) is 0. The minimum atomic E-state index is 0.0867. The van der Waals surface area contributed by atoms with Crippen LogP contribution in [0.3, 0.4) is 0 Å². The lowest BCUT2D eigenvalue weighted by molar-refractivity contribution is 0.301. The predicted octanol–water partition coefficient (Wildman–Crippen LogP) is 2.80. The predicted molar refractivity (Wildman–Crippen MR) is 83.9 cm³/mol. The van der Waals surface area contributed by atoms with Crippen LogP contribution in [0, 0.1) is 0 Å². The molecule has 2 rings (SSSR count). The number of anilines is 1. The summed E-state index contributed by atoms with van der Waals surface area (Å²) in [5.41, 5.74) is 8.99. The van der Waals surface area contributed by atoms with Gasteiger partial charge in [0.25, 0.3) is 0 Å². The van der Waals surface area contributed by atoms with Crippen LogP contribution in [0.15, 0.2) is 48.5 Å². The van der Waals surface area contributed by atoms with E-state index in [2.05, 4.69) is 17.0 Å². The fourth-order valence-electron chi connectivity index (χ4n) is 2.21. The van der Waals surface area contributed by atoms with E-state index in [4.69, 9.17) is 17.3 Å². The summed E-state index contributed by atoms with van der Waals surface area (Å²) >= 11 is 6.09. The van der Waals surface area contributed by atoms with Crippen LogP contribution in [0.5, 0.6) is 0 Å². The van der Waals surface area contributed by atoms with Crippen molar-refractivity contribution in [2.24, 2.45) is 5.73 Å². The summed E-state index contributed by atoms with van der Waals surface area (Å²) in [5.74, 6) is 0. The Kier molecular flexibility index (Phi) is 5.41. The van der Waals surface area contributed by atoms with Crippen LogP contribution in [-0.4, -0.2) is 18.3 Å². The first-order chi connectivity index (χ1) is 9.74. The van der Waals surface area contributed by atoms with Gasteiger partial charge in [-0.2, -0.15) is 0 Å². The number of aliphatic hydroxyl groups excluding tert-OH is 1. The van der Waals surface area contributed by atoms with Crippen LogP contribution in [0.4, 0.5) is 5.69 Å². The lowest BCUT2D eigenvalue weighted by Gasteiger charge is -2.26. The molecule has 4 heteroatoms. The lowest BCUT2D eigenvalue weighted by atomic mass is 10.1. The summed E-state index contributed by atoms with van der Waals surface area (Å²) in [6.45, 7) is 1.80. The molecule has 0 spiro atoms. The Morgan fingerprint density at radius 3 is 2.50 bits per heavy atom. The van der Waals surface area contributed by atoms with Crippen molar-refractivity contribution in [1.29, 1.82) is 0 Å². The molecule has 0 bridgehead atoms. The number of hydrogen-bond acceptors (Lipinski definition) is 3. The first-order valence-electron chi connectivity index (χ1n) is 6.63. The van der Waals surface area contributed by atoms with Gasteiger partial charge in [0.15, 0.2) is 0 Å². The van der Waals surface area contributed by atoms with Crippen LogP contribution >= 0.6 is 11.6 Å². The molecule has 0 unspecified atom stereocenters. The molecule has 3 nitrogen and oxygen atoms in total. The topological polar surface area (TPSA) is 49.5 Å². The summed E-state index contributed by atoms with van der Waals surface area (Å²) in [4.78, 5) is 2.10. The number of nitrogens with zero attached hydrogens (tertiary/aromatic N) is 1. The average Bonchev–Trinajstić information content (AvgIpc) is 2.48. The lowest BCUT2D eigenvalue weighted by Crippen LogP contribution is -2.27. The van der Waals surface area contributed by atoms with E-state index < -0.39 is 0 Å². The van der Waals surface area contributed by atoms with E-state index in [0.29, 0.717) is 18.1 Å². The van der Waals surface area contributed by atoms with Crippen molar-refractivity contribution in [3.8, 4) is 0 Å². The number of hydrogen-bond donors (Lipinski definition) is 2. The fraction of sp³-hybridized carbons (Fsp3) is 0.250. The smallest absolute Gasteiger partial charge is 0.0606 e. The molecule has 0 atom stereocenters. The van der Waals surface area contributed by atoms with Gasteiger partial charge < -0.3 is 15.7 Å². The SMILES string of the molecule is NCc1ccc(Cl)cc1N(CCO)Cc1ccccc1. The largest absolute Gasteiger partial charge is 0.395 e. The van der Waals surface area contributed by atoms with E-state index >= 15 is 0 Å². The standard InChI is InChI=1S/C16H19ClN2O/c17-15-7-6-14(11-18)16(10-15)19(8-9-20)12-13-4-2-1-3-5-13/h1-7,10,20H,8-9,11-12,18H2. The quantitative estimate of drug-likeness (QED) is 0.860. The van der Waals surface area contributed by atoms with Crippen molar-refractivity contribution >= 4 is 17.3 Å². The van der Waals surface area contributed by atoms with E-state index in [9.17, 15) is 5.11 Å². The van der Waals surface area contributed by atoms with E-state index in [-0.39, 0.29) is 6.61 Å². The van der Waals surface area contributed by atoms with Crippen LogP contribution in [0.2, 0.25) is 5.02 Å². The number of aliphatic hydroxyl groups is 1. The van der Waals surface area contributed by atoms with Crippen LogP contribution < -0.4 is 10.6 Å². The van der Waals surface area contributed by atoms with E-state index in [1.807, 2.05) is 36.4 Å². The van der Waals surface area contributed by atoms with Gasteiger partial charge in [0.2, 0.25) is 0 Å². The summed E-state index contributed by atoms with van der Waals surface area (Å²) in [6, 6.07) is 15.8. The highest BCUT2D eigenvalue weighted by molar-refractivity contribution is 6.30. The minimum absolute atomic E-state index is 0.0867. The number of rotatable bonds is 6. The summed E-state index contributed by atoms with van der Waals surface area (Å²) < 4.78 is 0. The third kappa shape index (κ3) is 3.73. The third-order valence-electron chi connectivity index (χ3n) is 3.19. The molecular weight excluding hydrogens is 272 g/mol. The molecule has 20 heavy (non-hydrogen) atoms. The molecule has 2 aromatic carbocycles. The molecule has 0 amide bonds. The Morgan fingerprint density at radius 1 is 1.10 bits per heavy atom. The molecule has 0 saturated heterocycles. The molecule has 0 aromatic heterocycles. The van der Waals surface area contributed by atoms with Gasteiger partial charge >= 0.3 is 0 Å². The van der Waals surface area contributed by atoms with Crippen molar-refractivity contribution in [3.63, 3.8) is 0 Å². The van der Waals surface area contributed by atoms with Crippen molar-refractivity contribution in [1.82, 2.24) is 0 Å². The van der Waals surface area contributed by atoms with E-state index in [0.717, 1.165) is 17.8 Å². The van der Waals surface area contributed by atoms with E-state index in [1.54, 1.807) is 0 Å². The second-order valence-corrected chi connectivity index (χ2v) is 5.04. The van der Waals surface area contributed by atoms with Gasteiger partial charge in [-0.3, -0.25) is 0 Å². The zero-order valence-corrected chi connectivity index (χ0v) is 12.1. The zero-order valence-electron chi connectivity index (χ0n) is 11.3. The molecule has 3 N–H and O–H groups in total. The van der Waals surface area contributed by atoms with Gasteiger partial charge in [-0.05, 0) is 23.3 Å². The second-order valence-electron chi connectivity index (χ2n) is 4.61. The van der Waals surface area contributed by atoms with Gasteiger partial charge in [0.05, 0.1) is 6.61 Å². The van der Waals surface area contributed by atoms with Crippen molar-refractivity contribution in [2.75, 3.05) is 18.1 Å². The Bertz CT molecular complexity index is 545. The molecule has 0 aliphatic rings. The van der Waals surface area contributed by atoms with Crippen molar-refractivity contribution in [3.05, 3.63) is 64.7 Å². The highest BCUT2D eigenvalue weighted by Crippen LogP contribution is 2.26. The molecule has 2 aromatic rings. The molecule has 0 fully saturated rings. The Balaban J connectivity index is 2.30. The first-order valence-corrected chi connectivity index (χ1v) is 7.00. The van der Waals surface area contributed by atoms with Gasteiger partial charge in [-0.15, -0.1) is 0 Å². The minimum Gasteiger partial charge on any atom is -0.395 e. The molecule has 106 valence electrons. The Morgan fingerprint density at radius 2 is 1.85 bits per heavy atom. The Labute approximate surface area is 124 Å². The number of halogens is 1. The fourth-order valence-corrected chi connectivity index (χ4v) is 2.38. The van der Waals surface area contributed by atoms with Crippen LogP contribution in [0.25, 0.3) is 0 Å². The number of benzene rings is 2. The highest BCUT2D eigenvalue weighted by atomic mass is 35.5. The third-order valence-corrected chi connectivity index (χ3v) is 3.43. The molecule has 0 saturated carbocycles. The molecule has 0 radical (unpaired) electrons. The van der Waals surface area contributed by atoms with Gasteiger partial charge in [-0.25, -0.2) is 0 Å². The monoisotopic (exact) mass is 290 g/mol. The maximum atomic E-state index is 9.30. The van der Waals surface area contributed by atoms with Crippen LogP contribution in [-0.2, 0) is 13.1 Å². The van der Waals surface area contributed by atoms with Gasteiger partial charge in [0.1, 0.15) is 0 Å². The average molecular weight is 291 g/mol. The molecular formula is C16H19ClN2O. The van der Waals surface area contributed by atoms with Crippen LogP contribution in [0.1, 0.15) is 11.1 Å². The molecule has 0 heterocycles. The highest BCUT2D eigenvalue weighted by Gasteiger charge is 2.11. The summed E-state index contributed by atoms with van der Waals surface area (Å²) in [7, 11) is 0. The summed E-state index contributed by atoms with van der Waals surface area (Å²) in [5, 5.41) is 9.98. The first kappa shape index (κ1) is 14.9. The molecule has 0 aliphatic carbocycles. The zero-order chi connectivity index (χ0) is 14.4. The van der Waals surface area contributed by atoms with Crippen molar-refractivity contribution in [2.45, 2.75) is 13.1 Å². The number of nitrogens with two attached hydrogens (primary N) is 1. The van der Waals surface area contributed by atoms with E-state index in [1.165, 1.54) is 5.56 Å². The molecule has 0 aliphatic heterocycles. The Hall–Kier alpha value is -1.55. The maximum absolute atomic E-state index is 9.30. The van der Waals surface area contributed by atoms with Gasteiger partial charge in [0, 0.05) is 30.3 Å².